The molecular formula is C22H22BrN9O. The lowest BCUT2D eigenvalue weighted by molar-refractivity contribution is -0.138. The molecule has 1 unspecified atom stereocenters. The summed E-state index contributed by atoms with van der Waals surface area (Å²) >= 11 is 3.45. The molecule has 33 heavy (non-hydrogen) atoms. The number of amides is 1. The van der Waals surface area contributed by atoms with E-state index in [1.54, 1.807) is 17.3 Å². The van der Waals surface area contributed by atoms with Crippen LogP contribution >= 0.6 is 15.9 Å². The standard InChI is InChI=1S/C22H22BrN9O/c1-14(2)19(32-28-20(26-29-32)15-6-4-3-5-7-15)22(33)30-8-9-31-18(13-30)25-27-21(31)16-10-17(23)12-24-11-16/h3-7,10-12,14,19H,8-9,13H2,1-2H3. The fourth-order valence-electron chi connectivity index (χ4n) is 3.98. The summed E-state index contributed by atoms with van der Waals surface area (Å²) in [5.74, 6) is 1.92. The van der Waals surface area contributed by atoms with E-state index < -0.39 is 6.04 Å². The maximum Gasteiger partial charge on any atom is 0.250 e. The van der Waals surface area contributed by atoms with E-state index in [1.807, 2.05) is 54.8 Å². The largest absolute Gasteiger partial charge is 0.331 e. The molecule has 4 aromatic rings. The van der Waals surface area contributed by atoms with Gasteiger partial charge in [0.1, 0.15) is 0 Å². The van der Waals surface area contributed by atoms with Gasteiger partial charge < -0.3 is 9.47 Å². The van der Waals surface area contributed by atoms with Gasteiger partial charge in [0.2, 0.25) is 11.7 Å². The van der Waals surface area contributed by atoms with E-state index in [4.69, 9.17) is 0 Å². The van der Waals surface area contributed by atoms with Crippen molar-refractivity contribution in [3.63, 3.8) is 0 Å². The molecule has 0 saturated carbocycles. The van der Waals surface area contributed by atoms with Gasteiger partial charge in [0.15, 0.2) is 17.7 Å². The van der Waals surface area contributed by atoms with Crippen LogP contribution in [0.5, 0.6) is 0 Å². The Bertz CT molecular complexity index is 1280. The van der Waals surface area contributed by atoms with E-state index in [0.29, 0.717) is 25.5 Å². The van der Waals surface area contributed by atoms with Gasteiger partial charge in [-0.25, -0.2) is 0 Å². The van der Waals surface area contributed by atoms with E-state index in [-0.39, 0.29) is 11.8 Å². The molecule has 0 bridgehead atoms. The van der Waals surface area contributed by atoms with Crippen molar-refractivity contribution in [2.45, 2.75) is 33.0 Å². The Hall–Kier alpha value is -3.47. The summed E-state index contributed by atoms with van der Waals surface area (Å²) in [4.78, 5) is 21.0. The molecule has 1 aromatic carbocycles. The number of tetrazole rings is 1. The van der Waals surface area contributed by atoms with Crippen molar-refractivity contribution in [3.8, 4) is 22.8 Å². The minimum absolute atomic E-state index is 0.0153. The normalized spacial score (nSPS) is 14.4. The number of hydrogen-bond acceptors (Lipinski definition) is 7. The molecule has 1 atom stereocenters. The smallest absolute Gasteiger partial charge is 0.250 e. The van der Waals surface area contributed by atoms with E-state index in [2.05, 4.69) is 46.5 Å². The number of carbonyl (C=O) groups excluding carboxylic acids is 1. The number of benzene rings is 1. The van der Waals surface area contributed by atoms with Gasteiger partial charge in [0.25, 0.3) is 0 Å². The molecule has 0 spiro atoms. The molecule has 0 aliphatic carbocycles. The molecule has 1 aliphatic rings. The number of fused-ring (bicyclic) bond motifs is 1. The van der Waals surface area contributed by atoms with Crippen LogP contribution in [0.25, 0.3) is 22.8 Å². The second kappa shape index (κ2) is 8.81. The van der Waals surface area contributed by atoms with Gasteiger partial charge in [0, 0.05) is 41.1 Å². The topological polar surface area (TPSA) is 108 Å². The van der Waals surface area contributed by atoms with E-state index in [0.717, 1.165) is 27.2 Å². The fourth-order valence-corrected chi connectivity index (χ4v) is 4.34. The van der Waals surface area contributed by atoms with Crippen LogP contribution in [0.4, 0.5) is 0 Å². The summed E-state index contributed by atoms with van der Waals surface area (Å²) < 4.78 is 2.92. The van der Waals surface area contributed by atoms with Gasteiger partial charge in [0.05, 0.1) is 6.54 Å². The molecule has 168 valence electrons. The highest BCUT2D eigenvalue weighted by atomic mass is 79.9. The van der Waals surface area contributed by atoms with Crippen LogP contribution in [-0.4, -0.2) is 57.3 Å². The summed E-state index contributed by atoms with van der Waals surface area (Å²) in [6.45, 7) is 5.48. The molecule has 1 aliphatic heterocycles. The van der Waals surface area contributed by atoms with Gasteiger partial charge in [-0.05, 0) is 33.1 Å². The van der Waals surface area contributed by atoms with Gasteiger partial charge in [-0.2, -0.15) is 4.80 Å². The number of rotatable bonds is 5. The first kappa shape index (κ1) is 21.4. The van der Waals surface area contributed by atoms with E-state index in [9.17, 15) is 4.79 Å². The second-order valence-electron chi connectivity index (χ2n) is 8.23. The first-order chi connectivity index (χ1) is 16.0. The second-order valence-corrected chi connectivity index (χ2v) is 9.15. The Labute approximate surface area is 198 Å². The summed E-state index contributed by atoms with van der Waals surface area (Å²) in [7, 11) is 0. The van der Waals surface area contributed by atoms with E-state index in [1.165, 1.54) is 4.80 Å². The van der Waals surface area contributed by atoms with Crippen molar-refractivity contribution in [2.24, 2.45) is 5.92 Å². The highest BCUT2D eigenvalue weighted by Crippen LogP contribution is 2.26. The molecule has 4 heterocycles. The van der Waals surface area contributed by atoms with Crippen LogP contribution in [-0.2, 0) is 17.9 Å². The van der Waals surface area contributed by atoms with Gasteiger partial charge in [-0.3, -0.25) is 9.78 Å². The minimum Gasteiger partial charge on any atom is -0.331 e. The minimum atomic E-state index is -0.557. The molecule has 3 aromatic heterocycles. The molecular weight excluding hydrogens is 486 g/mol. The number of hydrogen-bond donors (Lipinski definition) is 0. The van der Waals surface area contributed by atoms with Crippen LogP contribution < -0.4 is 0 Å². The number of halogens is 1. The third-order valence-electron chi connectivity index (χ3n) is 5.62. The fraction of sp³-hybridized carbons (Fsp3) is 0.318. The molecule has 5 rings (SSSR count). The quantitative estimate of drug-likeness (QED) is 0.408. The molecule has 10 nitrogen and oxygen atoms in total. The van der Waals surface area contributed by atoms with Gasteiger partial charge in [-0.1, -0.05) is 44.2 Å². The Morgan fingerprint density at radius 1 is 1.03 bits per heavy atom. The number of pyridine rings is 1. The lowest BCUT2D eigenvalue weighted by Gasteiger charge is -2.31. The monoisotopic (exact) mass is 507 g/mol. The molecule has 0 radical (unpaired) electrons. The summed E-state index contributed by atoms with van der Waals surface area (Å²) in [5, 5.41) is 21.6. The van der Waals surface area contributed by atoms with Crippen LogP contribution in [0.15, 0.2) is 53.3 Å². The van der Waals surface area contributed by atoms with Crippen LogP contribution in [0.3, 0.4) is 0 Å². The molecule has 0 saturated heterocycles. The Balaban J connectivity index is 1.38. The van der Waals surface area contributed by atoms with Gasteiger partial charge in [-0.15, -0.1) is 20.4 Å². The Kier molecular flexibility index (Phi) is 5.71. The lowest BCUT2D eigenvalue weighted by Crippen LogP contribution is -2.44. The predicted octanol–water partition coefficient (Wildman–Crippen LogP) is 3.00. The van der Waals surface area contributed by atoms with Crippen molar-refractivity contribution in [1.29, 1.82) is 0 Å². The van der Waals surface area contributed by atoms with Gasteiger partial charge >= 0.3 is 0 Å². The summed E-state index contributed by atoms with van der Waals surface area (Å²) in [5.41, 5.74) is 1.74. The highest BCUT2D eigenvalue weighted by Gasteiger charge is 2.34. The highest BCUT2D eigenvalue weighted by molar-refractivity contribution is 9.10. The maximum absolute atomic E-state index is 13.5. The maximum atomic E-state index is 13.5. The average Bonchev–Trinajstić information content (AvgIpc) is 3.46. The van der Waals surface area contributed by atoms with Crippen molar-refractivity contribution in [1.82, 2.24) is 44.9 Å². The van der Waals surface area contributed by atoms with Crippen molar-refractivity contribution in [2.75, 3.05) is 6.54 Å². The zero-order chi connectivity index (χ0) is 22.9. The molecule has 1 amide bonds. The zero-order valence-electron chi connectivity index (χ0n) is 18.2. The summed E-state index contributed by atoms with van der Waals surface area (Å²) in [6.07, 6.45) is 3.49. The molecule has 0 fully saturated rings. The average molecular weight is 508 g/mol. The van der Waals surface area contributed by atoms with E-state index >= 15 is 0 Å². The van der Waals surface area contributed by atoms with Crippen LogP contribution in [0.1, 0.15) is 25.7 Å². The zero-order valence-corrected chi connectivity index (χ0v) is 19.8. The number of carbonyl (C=O) groups is 1. The van der Waals surface area contributed by atoms with Crippen LogP contribution in [0.2, 0.25) is 0 Å². The van der Waals surface area contributed by atoms with Crippen molar-refractivity contribution in [3.05, 3.63) is 59.1 Å². The number of nitrogens with zero attached hydrogens (tertiary/aromatic N) is 9. The van der Waals surface area contributed by atoms with Crippen LogP contribution in [0, 0.1) is 5.92 Å². The predicted molar refractivity (Wildman–Crippen MR) is 123 cm³/mol. The third-order valence-corrected chi connectivity index (χ3v) is 6.06. The molecule has 0 N–H and O–H groups in total. The summed E-state index contributed by atoms with van der Waals surface area (Å²) in [6, 6.07) is 11.0. The Morgan fingerprint density at radius 3 is 2.61 bits per heavy atom. The van der Waals surface area contributed by atoms with Crippen molar-refractivity contribution >= 4 is 21.8 Å². The lowest BCUT2D eigenvalue weighted by atomic mass is 10.0. The third kappa shape index (κ3) is 4.15. The Morgan fingerprint density at radius 2 is 1.85 bits per heavy atom. The molecule has 11 heteroatoms. The number of aromatic nitrogens is 8. The van der Waals surface area contributed by atoms with Crippen molar-refractivity contribution < 1.29 is 4.79 Å². The first-order valence-corrected chi connectivity index (χ1v) is 11.5. The first-order valence-electron chi connectivity index (χ1n) is 10.7. The SMILES string of the molecule is CC(C)C(C(=O)N1CCn2c(nnc2-c2cncc(Br)c2)C1)n1nnc(-c2ccccc2)n1.